The Bertz CT molecular complexity index is 221. The van der Waals surface area contributed by atoms with Gasteiger partial charge in [0.05, 0.1) is 12.6 Å². The number of fused-ring (bicyclic) bond motifs is 2. The van der Waals surface area contributed by atoms with Crippen molar-refractivity contribution in [2.24, 2.45) is 11.8 Å². The minimum Gasteiger partial charge on any atom is -0.326 e. The van der Waals surface area contributed by atoms with E-state index in [1.807, 2.05) is 9.80 Å². The van der Waals surface area contributed by atoms with Gasteiger partial charge in [-0.25, -0.2) is 0 Å². The zero-order valence-electron chi connectivity index (χ0n) is 10.1. The SMILES string of the molecule is CC[NH+]1CC[NH+]([C@H]2C[C@H]3CC[C@@H]2C3)CC1. The van der Waals surface area contributed by atoms with Gasteiger partial charge in [0.1, 0.15) is 26.2 Å². The first-order valence-electron chi connectivity index (χ1n) is 7.05. The Morgan fingerprint density at radius 3 is 2.33 bits per heavy atom. The number of piperazine rings is 1. The van der Waals surface area contributed by atoms with E-state index in [2.05, 4.69) is 6.92 Å². The molecule has 1 aliphatic heterocycles. The Kier molecular flexibility index (Phi) is 2.73. The lowest BCUT2D eigenvalue weighted by Gasteiger charge is -2.36. The third-order valence-electron chi connectivity index (χ3n) is 5.36. The minimum atomic E-state index is 1.07. The number of hydrogen-bond acceptors (Lipinski definition) is 0. The van der Waals surface area contributed by atoms with E-state index < -0.39 is 0 Å². The number of quaternary nitrogens is 2. The van der Waals surface area contributed by atoms with Gasteiger partial charge in [-0.1, -0.05) is 0 Å². The molecule has 3 aliphatic rings. The summed E-state index contributed by atoms with van der Waals surface area (Å²) in [6.07, 6.45) is 6.27. The molecule has 3 rings (SSSR count). The van der Waals surface area contributed by atoms with Crippen molar-refractivity contribution in [3.8, 4) is 0 Å². The summed E-state index contributed by atoms with van der Waals surface area (Å²) in [4.78, 5) is 3.81. The number of likely N-dealkylation sites (N-methyl/N-ethyl adjacent to an activating group) is 1. The molecule has 0 unspecified atom stereocenters. The average Bonchev–Trinajstić information content (AvgIpc) is 2.91. The van der Waals surface area contributed by atoms with E-state index >= 15 is 0 Å². The number of nitrogens with one attached hydrogen (secondary N) is 2. The molecule has 1 heterocycles. The Labute approximate surface area is 93.6 Å². The molecule has 2 nitrogen and oxygen atoms in total. The molecular weight excluding hydrogens is 184 g/mol. The summed E-state index contributed by atoms with van der Waals surface area (Å²) in [5.41, 5.74) is 0. The maximum absolute atomic E-state index is 2.33. The molecule has 3 atom stereocenters. The molecule has 2 N–H and O–H groups in total. The van der Waals surface area contributed by atoms with Gasteiger partial charge in [0.2, 0.25) is 0 Å². The second-order valence-corrected chi connectivity index (χ2v) is 6.04. The molecule has 1 saturated heterocycles. The van der Waals surface area contributed by atoms with Gasteiger partial charge in [-0.2, -0.15) is 0 Å². The molecule has 2 saturated carbocycles. The largest absolute Gasteiger partial charge is 0.326 e. The topological polar surface area (TPSA) is 8.88 Å². The maximum atomic E-state index is 2.33. The van der Waals surface area contributed by atoms with Crippen LogP contribution in [0.2, 0.25) is 0 Å². The highest BCUT2D eigenvalue weighted by atomic mass is 15.3. The summed E-state index contributed by atoms with van der Waals surface area (Å²) >= 11 is 0. The van der Waals surface area contributed by atoms with Crippen molar-refractivity contribution < 1.29 is 9.80 Å². The highest BCUT2D eigenvalue weighted by molar-refractivity contribution is 4.90. The summed E-state index contributed by atoms with van der Waals surface area (Å²) < 4.78 is 0. The van der Waals surface area contributed by atoms with Crippen molar-refractivity contribution in [2.45, 2.75) is 38.6 Å². The standard InChI is InChI=1S/C13H24N2/c1-2-14-5-7-15(8-6-14)13-10-11-3-4-12(13)9-11/h11-13H,2-10H2,1H3/p+2/t11-,12+,13-/m0/s1. The van der Waals surface area contributed by atoms with Crippen LogP contribution in [0.3, 0.4) is 0 Å². The van der Waals surface area contributed by atoms with Gasteiger partial charge in [0.15, 0.2) is 0 Å². The van der Waals surface area contributed by atoms with E-state index in [1.54, 1.807) is 25.7 Å². The van der Waals surface area contributed by atoms with Gasteiger partial charge in [0.25, 0.3) is 0 Å². The van der Waals surface area contributed by atoms with Gasteiger partial charge < -0.3 is 9.80 Å². The summed E-state index contributed by atoms with van der Waals surface area (Å²) in [5, 5.41) is 0. The molecule has 15 heavy (non-hydrogen) atoms. The fraction of sp³-hybridized carbons (Fsp3) is 1.00. The smallest absolute Gasteiger partial charge is 0.127 e. The molecule has 0 aromatic heterocycles. The first-order chi connectivity index (χ1) is 7.36. The van der Waals surface area contributed by atoms with Crippen LogP contribution in [-0.2, 0) is 0 Å². The highest BCUT2D eigenvalue weighted by Crippen LogP contribution is 2.43. The van der Waals surface area contributed by atoms with E-state index in [0.717, 1.165) is 17.9 Å². The van der Waals surface area contributed by atoms with E-state index in [1.165, 1.54) is 32.7 Å². The van der Waals surface area contributed by atoms with Crippen LogP contribution in [0.25, 0.3) is 0 Å². The molecule has 2 aliphatic carbocycles. The summed E-state index contributed by atoms with van der Waals surface area (Å²) in [7, 11) is 0. The molecule has 0 aromatic carbocycles. The lowest BCUT2D eigenvalue weighted by atomic mass is 9.93. The first kappa shape index (κ1) is 10.1. The van der Waals surface area contributed by atoms with Crippen LogP contribution in [-0.4, -0.2) is 38.8 Å². The van der Waals surface area contributed by atoms with Gasteiger partial charge in [-0.05, 0) is 32.1 Å². The van der Waals surface area contributed by atoms with Crippen molar-refractivity contribution >= 4 is 0 Å². The third-order valence-corrected chi connectivity index (χ3v) is 5.36. The zero-order chi connectivity index (χ0) is 10.3. The summed E-state index contributed by atoms with van der Waals surface area (Å²) in [6, 6.07) is 1.07. The van der Waals surface area contributed by atoms with Crippen molar-refractivity contribution in [1.29, 1.82) is 0 Å². The van der Waals surface area contributed by atoms with Crippen LogP contribution in [0.1, 0.15) is 32.6 Å². The van der Waals surface area contributed by atoms with Crippen molar-refractivity contribution in [3.63, 3.8) is 0 Å². The van der Waals surface area contributed by atoms with Crippen LogP contribution in [0.15, 0.2) is 0 Å². The molecule has 86 valence electrons. The van der Waals surface area contributed by atoms with E-state index in [0.29, 0.717) is 0 Å². The Morgan fingerprint density at radius 1 is 1.00 bits per heavy atom. The molecule has 2 heteroatoms. The van der Waals surface area contributed by atoms with E-state index in [9.17, 15) is 0 Å². The second-order valence-electron chi connectivity index (χ2n) is 6.04. The highest BCUT2D eigenvalue weighted by Gasteiger charge is 2.45. The van der Waals surface area contributed by atoms with Crippen LogP contribution in [0, 0.1) is 11.8 Å². The normalized spacial score (nSPS) is 49.8. The Morgan fingerprint density at radius 2 is 1.80 bits per heavy atom. The molecule has 2 bridgehead atoms. The zero-order valence-corrected chi connectivity index (χ0v) is 10.1. The van der Waals surface area contributed by atoms with Crippen molar-refractivity contribution in [1.82, 2.24) is 0 Å². The summed E-state index contributed by atoms with van der Waals surface area (Å²) in [6.45, 7) is 9.44. The van der Waals surface area contributed by atoms with Crippen LogP contribution < -0.4 is 9.80 Å². The maximum Gasteiger partial charge on any atom is 0.127 e. The fourth-order valence-corrected chi connectivity index (χ4v) is 4.39. The van der Waals surface area contributed by atoms with E-state index in [4.69, 9.17) is 0 Å². The molecule has 0 radical (unpaired) electrons. The minimum absolute atomic E-state index is 1.07. The predicted octanol–water partition coefficient (Wildman–Crippen LogP) is -1.02. The summed E-state index contributed by atoms with van der Waals surface area (Å²) in [5.74, 6) is 2.25. The lowest BCUT2D eigenvalue weighted by Crippen LogP contribution is -3.29. The molecular formula is C13H26N2+2. The Balaban J connectivity index is 1.56. The lowest BCUT2D eigenvalue weighted by molar-refractivity contribution is -1.02. The third kappa shape index (κ3) is 1.83. The number of rotatable bonds is 2. The van der Waals surface area contributed by atoms with Crippen LogP contribution in [0.4, 0.5) is 0 Å². The van der Waals surface area contributed by atoms with Crippen molar-refractivity contribution in [3.05, 3.63) is 0 Å². The first-order valence-corrected chi connectivity index (χ1v) is 7.05. The molecule has 0 spiro atoms. The average molecular weight is 210 g/mol. The number of hydrogen-bond donors (Lipinski definition) is 2. The second kappa shape index (κ2) is 4.06. The molecule has 3 fully saturated rings. The Hall–Kier alpha value is -0.0800. The van der Waals surface area contributed by atoms with Crippen LogP contribution >= 0.6 is 0 Å². The van der Waals surface area contributed by atoms with Crippen molar-refractivity contribution in [2.75, 3.05) is 32.7 Å². The quantitative estimate of drug-likeness (QED) is 0.577. The molecule has 0 aromatic rings. The van der Waals surface area contributed by atoms with Gasteiger partial charge in [-0.15, -0.1) is 0 Å². The van der Waals surface area contributed by atoms with Gasteiger partial charge in [-0.3, -0.25) is 0 Å². The fourth-order valence-electron chi connectivity index (χ4n) is 4.39. The molecule has 0 amide bonds. The predicted molar refractivity (Wildman–Crippen MR) is 61.2 cm³/mol. The van der Waals surface area contributed by atoms with Crippen LogP contribution in [0.5, 0.6) is 0 Å². The van der Waals surface area contributed by atoms with Gasteiger partial charge >= 0.3 is 0 Å². The van der Waals surface area contributed by atoms with E-state index in [-0.39, 0.29) is 0 Å². The monoisotopic (exact) mass is 210 g/mol. The van der Waals surface area contributed by atoms with Gasteiger partial charge in [0, 0.05) is 12.3 Å².